The molecule has 1 saturated carbocycles. The number of nitrogens with zero attached hydrogens (tertiary/aromatic N) is 1. The molecule has 0 bridgehead atoms. The molecule has 4 nitrogen and oxygen atoms in total. The normalized spacial score (nSPS) is 30.2. The maximum atomic E-state index is 13.0. The van der Waals surface area contributed by atoms with Crippen LogP contribution in [0, 0.1) is 5.92 Å². The average molecular weight is 327 g/mol. The first-order chi connectivity index (χ1) is 9.90. The summed E-state index contributed by atoms with van der Waals surface area (Å²) in [5, 5.41) is 2.97. The predicted octanol–water partition coefficient (Wildman–Crippen LogP) is 2.81. The van der Waals surface area contributed by atoms with Crippen LogP contribution < -0.4 is 5.32 Å². The molecule has 0 spiro atoms. The van der Waals surface area contributed by atoms with Gasteiger partial charge in [0.25, 0.3) is 0 Å². The van der Waals surface area contributed by atoms with Gasteiger partial charge in [0, 0.05) is 17.3 Å². The third-order valence-electron chi connectivity index (χ3n) is 4.47. The smallest absolute Gasteiger partial charge is 0.248 e. The molecular formula is C15H19ClN2O2S. The van der Waals surface area contributed by atoms with E-state index in [4.69, 9.17) is 11.6 Å². The Hall–Kier alpha value is -1.07. The Morgan fingerprint density at radius 2 is 2.14 bits per heavy atom. The molecule has 2 heterocycles. The quantitative estimate of drug-likeness (QED) is 0.928. The van der Waals surface area contributed by atoms with Crippen LogP contribution in [0.3, 0.4) is 0 Å². The van der Waals surface area contributed by atoms with E-state index in [-0.39, 0.29) is 23.8 Å². The molecule has 2 amide bonds. The van der Waals surface area contributed by atoms with E-state index >= 15 is 0 Å². The van der Waals surface area contributed by atoms with E-state index in [0.29, 0.717) is 13.0 Å². The van der Waals surface area contributed by atoms with Crippen LogP contribution in [0.1, 0.15) is 38.0 Å². The number of halogens is 1. The summed E-state index contributed by atoms with van der Waals surface area (Å²) < 4.78 is 0.721. The summed E-state index contributed by atoms with van der Waals surface area (Å²) in [4.78, 5) is 28.0. The van der Waals surface area contributed by atoms with Crippen LogP contribution in [0.15, 0.2) is 12.1 Å². The zero-order valence-electron chi connectivity index (χ0n) is 12.2. The maximum absolute atomic E-state index is 13.0. The Labute approximate surface area is 133 Å². The van der Waals surface area contributed by atoms with Gasteiger partial charge < -0.3 is 10.2 Å². The number of amides is 2. The number of hydrogen-bond acceptors (Lipinski definition) is 3. The monoisotopic (exact) mass is 326 g/mol. The summed E-state index contributed by atoms with van der Waals surface area (Å²) in [5.41, 5.74) is -0.747. The van der Waals surface area contributed by atoms with Crippen molar-refractivity contribution in [3.63, 3.8) is 0 Å². The van der Waals surface area contributed by atoms with Crippen molar-refractivity contribution in [3.05, 3.63) is 21.3 Å². The van der Waals surface area contributed by atoms with Crippen molar-refractivity contribution in [2.24, 2.45) is 5.92 Å². The van der Waals surface area contributed by atoms with Gasteiger partial charge >= 0.3 is 0 Å². The third kappa shape index (κ3) is 2.81. The summed E-state index contributed by atoms with van der Waals surface area (Å²) in [6, 6.07) is 3.69. The fourth-order valence-corrected chi connectivity index (χ4v) is 4.13. The summed E-state index contributed by atoms with van der Waals surface area (Å²) in [6.07, 6.45) is 2.37. The fourth-order valence-electron chi connectivity index (χ4n) is 3.04. The molecule has 0 radical (unpaired) electrons. The van der Waals surface area contributed by atoms with Crippen molar-refractivity contribution >= 4 is 34.8 Å². The highest BCUT2D eigenvalue weighted by molar-refractivity contribution is 7.16. The molecule has 1 aliphatic heterocycles. The lowest BCUT2D eigenvalue weighted by molar-refractivity contribution is -0.140. The van der Waals surface area contributed by atoms with Gasteiger partial charge in [0.15, 0.2) is 0 Å². The van der Waals surface area contributed by atoms with Crippen LogP contribution >= 0.6 is 22.9 Å². The maximum Gasteiger partial charge on any atom is 0.248 e. The van der Waals surface area contributed by atoms with E-state index in [1.807, 2.05) is 30.9 Å². The first kappa shape index (κ1) is 14.9. The Balaban J connectivity index is 1.88. The lowest BCUT2D eigenvalue weighted by atomic mass is 9.94. The lowest BCUT2D eigenvalue weighted by Gasteiger charge is -2.34. The van der Waals surface area contributed by atoms with E-state index in [9.17, 15) is 9.59 Å². The molecule has 2 atom stereocenters. The molecular weight excluding hydrogens is 308 g/mol. The SMILES string of the molecule is CC1CC(=O)NC(C)(C2CC2)C(=O)N1Cc1ccc(Cl)s1. The van der Waals surface area contributed by atoms with Gasteiger partial charge in [-0.15, -0.1) is 11.3 Å². The van der Waals surface area contributed by atoms with Gasteiger partial charge in [-0.05, 0) is 44.7 Å². The second kappa shape index (κ2) is 5.29. The largest absolute Gasteiger partial charge is 0.342 e. The summed E-state index contributed by atoms with van der Waals surface area (Å²) in [5.74, 6) is 0.276. The second-order valence-corrected chi connectivity index (χ2v) is 8.02. The molecule has 2 fully saturated rings. The Bertz CT molecular complexity index is 584. The third-order valence-corrected chi connectivity index (χ3v) is 5.68. The standard InChI is InChI=1S/C15H19ClN2O2S/c1-9-7-13(19)17-15(2,10-3-4-10)14(20)18(9)8-11-5-6-12(16)21-11/h5-6,9-10H,3-4,7-8H2,1-2H3,(H,17,19). The number of carbonyl (C=O) groups is 2. The van der Waals surface area contributed by atoms with Crippen molar-refractivity contribution < 1.29 is 9.59 Å². The molecule has 2 unspecified atom stereocenters. The highest BCUT2D eigenvalue weighted by Gasteiger charge is 2.52. The van der Waals surface area contributed by atoms with Crippen LogP contribution in [0.25, 0.3) is 0 Å². The van der Waals surface area contributed by atoms with Crippen LogP contribution in [0.2, 0.25) is 4.34 Å². The Morgan fingerprint density at radius 1 is 1.43 bits per heavy atom. The van der Waals surface area contributed by atoms with Gasteiger partial charge in [0.1, 0.15) is 5.54 Å². The molecule has 1 N–H and O–H groups in total. The molecule has 21 heavy (non-hydrogen) atoms. The van der Waals surface area contributed by atoms with Crippen molar-refractivity contribution in [2.45, 2.75) is 51.2 Å². The number of rotatable bonds is 3. The number of carbonyl (C=O) groups excluding carboxylic acids is 2. The molecule has 114 valence electrons. The molecule has 1 aromatic heterocycles. The van der Waals surface area contributed by atoms with Gasteiger partial charge in [-0.1, -0.05) is 11.6 Å². The van der Waals surface area contributed by atoms with Gasteiger partial charge in [-0.2, -0.15) is 0 Å². The van der Waals surface area contributed by atoms with E-state index in [1.54, 1.807) is 0 Å². The fraction of sp³-hybridized carbons (Fsp3) is 0.600. The second-order valence-electron chi connectivity index (χ2n) is 6.22. The van der Waals surface area contributed by atoms with Crippen LogP contribution in [0.5, 0.6) is 0 Å². The van der Waals surface area contributed by atoms with Crippen molar-refractivity contribution in [2.75, 3.05) is 0 Å². The van der Waals surface area contributed by atoms with Crippen LogP contribution in [-0.4, -0.2) is 28.3 Å². The van der Waals surface area contributed by atoms with Gasteiger partial charge in [-0.3, -0.25) is 9.59 Å². The molecule has 3 rings (SSSR count). The van der Waals surface area contributed by atoms with Gasteiger partial charge in [0.2, 0.25) is 11.8 Å². The average Bonchev–Trinajstić information content (AvgIpc) is 3.19. The topological polar surface area (TPSA) is 49.4 Å². The molecule has 6 heteroatoms. The van der Waals surface area contributed by atoms with Crippen LogP contribution in [-0.2, 0) is 16.1 Å². The number of thiophene rings is 1. The Morgan fingerprint density at radius 3 is 2.71 bits per heavy atom. The van der Waals surface area contributed by atoms with Gasteiger partial charge in [-0.25, -0.2) is 0 Å². The predicted molar refractivity (Wildman–Crippen MR) is 83.2 cm³/mol. The molecule has 2 aliphatic rings. The van der Waals surface area contributed by atoms with E-state index in [2.05, 4.69) is 5.32 Å². The van der Waals surface area contributed by atoms with Crippen LogP contribution in [0.4, 0.5) is 0 Å². The summed E-state index contributed by atoms with van der Waals surface area (Å²) in [6.45, 7) is 4.33. The molecule has 1 aromatic rings. The van der Waals surface area contributed by atoms with Crippen molar-refractivity contribution in [3.8, 4) is 0 Å². The highest BCUT2D eigenvalue weighted by atomic mass is 35.5. The van der Waals surface area contributed by atoms with Gasteiger partial charge in [0.05, 0.1) is 10.9 Å². The first-order valence-corrected chi connectivity index (χ1v) is 8.46. The van der Waals surface area contributed by atoms with Crippen molar-refractivity contribution in [1.82, 2.24) is 10.2 Å². The zero-order chi connectivity index (χ0) is 15.2. The molecule has 0 aromatic carbocycles. The van der Waals surface area contributed by atoms with E-state index in [0.717, 1.165) is 22.1 Å². The van der Waals surface area contributed by atoms with E-state index in [1.165, 1.54) is 11.3 Å². The minimum absolute atomic E-state index is 0.0306. The lowest BCUT2D eigenvalue weighted by Crippen LogP contribution is -2.57. The number of nitrogens with one attached hydrogen (secondary N) is 1. The zero-order valence-corrected chi connectivity index (χ0v) is 13.8. The van der Waals surface area contributed by atoms with E-state index < -0.39 is 5.54 Å². The molecule has 1 aliphatic carbocycles. The number of hydrogen-bond donors (Lipinski definition) is 1. The molecule has 1 saturated heterocycles. The summed E-state index contributed by atoms with van der Waals surface area (Å²) in [7, 11) is 0. The van der Waals surface area contributed by atoms with Crippen molar-refractivity contribution in [1.29, 1.82) is 0 Å². The first-order valence-electron chi connectivity index (χ1n) is 7.26. The minimum Gasteiger partial charge on any atom is -0.342 e. The minimum atomic E-state index is -0.747. The summed E-state index contributed by atoms with van der Waals surface area (Å²) >= 11 is 7.45. The Kier molecular flexibility index (Phi) is 3.74. The highest BCUT2D eigenvalue weighted by Crippen LogP contribution is 2.42.